The number of benzene rings is 2. The van der Waals surface area contributed by atoms with E-state index in [1.807, 2.05) is 30.3 Å². The number of amides is 1. The molecule has 0 aliphatic carbocycles. The molecule has 2 heterocycles. The van der Waals surface area contributed by atoms with Crippen molar-refractivity contribution in [3.63, 3.8) is 0 Å². The molecule has 0 spiro atoms. The molecule has 2 aliphatic heterocycles. The first-order chi connectivity index (χ1) is 15.0. The average Bonchev–Trinajstić information content (AvgIpc) is 2.78. The number of carbonyl (C=O) groups is 1. The normalized spacial score (nSPS) is 25.5. The van der Waals surface area contributed by atoms with E-state index in [2.05, 4.69) is 35.2 Å². The molecular weight excluding hydrogens is 388 g/mol. The van der Waals surface area contributed by atoms with Gasteiger partial charge in [0.05, 0.1) is 6.42 Å². The molecule has 2 aromatic rings. The van der Waals surface area contributed by atoms with Gasteiger partial charge < -0.3 is 20.0 Å². The molecule has 2 aliphatic rings. The Kier molecular flexibility index (Phi) is 7.06. The SMILES string of the molecule is O=C(Cc1ccccc1)N1CC[C@](O)(CN2CCC(Cc3ccccc3)CC2)[C@@H](O)C1. The summed E-state index contributed by atoms with van der Waals surface area (Å²) in [7, 11) is 0. The van der Waals surface area contributed by atoms with Crippen molar-refractivity contribution < 1.29 is 15.0 Å². The lowest BCUT2D eigenvalue weighted by atomic mass is 9.85. The third-order valence-electron chi connectivity index (χ3n) is 6.95. The smallest absolute Gasteiger partial charge is 0.227 e. The summed E-state index contributed by atoms with van der Waals surface area (Å²) in [5.41, 5.74) is 1.22. The topological polar surface area (TPSA) is 64.0 Å². The average molecular weight is 423 g/mol. The molecule has 166 valence electrons. The van der Waals surface area contributed by atoms with E-state index in [0.29, 0.717) is 31.8 Å². The van der Waals surface area contributed by atoms with Crippen LogP contribution in [0.1, 0.15) is 30.4 Å². The zero-order chi connectivity index (χ0) is 21.7. The van der Waals surface area contributed by atoms with Crippen LogP contribution in [0.4, 0.5) is 0 Å². The van der Waals surface area contributed by atoms with Gasteiger partial charge in [0.2, 0.25) is 5.91 Å². The number of β-amino-alcohol motifs (C(OH)–C–C–N with tert-alkyl or cyclic N) is 2. The third kappa shape index (κ3) is 5.73. The second kappa shape index (κ2) is 9.94. The van der Waals surface area contributed by atoms with Crippen LogP contribution in [0.15, 0.2) is 60.7 Å². The Morgan fingerprint density at radius 2 is 1.55 bits per heavy atom. The van der Waals surface area contributed by atoms with Crippen molar-refractivity contribution in [2.75, 3.05) is 32.7 Å². The van der Waals surface area contributed by atoms with Gasteiger partial charge in [0.25, 0.3) is 0 Å². The number of likely N-dealkylation sites (tertiary alicyclic amines) is 2. The van der Waals surface area contributed by atoms with E-state index in [-0.39, 0.29) is 12.5 Å². The molecular formula is C26H34N2O3. The molecule has 31 heavy (non-hydrogen) atoms. The Bertz CT molecular complexity index is 836. The third-order valence-corrected chi connectivity index (χ3v) is 6.95. The number of nitrogens with zero attached hydrogens (tertiary/aromatic N) is 2. The van der Waals surface area contributed by atoms with Gasteiger partial charge in [-0.2, -0.15) is 0 Å². The van der Waals surface area contributed by atoms with Crippen LogP contribution in [0.25, 0.3) is 0 Å². The van der Waals surface area contributed by atoms with E-state index < -0.39 is 11.7 Å². The minimum Gasteiger partial charge on any atom is -0.388 e. The number of aliphatic hydroxyl groups is 2. The van der Waals surface area contributed by atoms with E-state index in [9.17, 15) is 15.0 Å². The summed E-state index contributed by atoms with van der Waals surface area (Å²) in [6, 6.07) is 20.3. The zero-order valence-electron chi connectivity index (χ0n) is 18.2. The molecule has 2 saturated heterocycles. The fourth-order valence-corrected chi connectivity index (χ4v) is 4.94. The molecule has 0 aromatic heterocycles. The fraction of sp³-hybridized carbons (Fsp3) is 0.500. The predicted octanol–water partition coefficient (Wildman–Crippen LogP) is 2.51. The number of hydrogen-bond donors (Lipinski definition) is 2. The minimum absolute atomic E-state index is 0.00836. The van der Waals surface area contributed by atoms with E-state index in [0.717, 1.165) is 37.9 Å². The van der Waals surface area contributed by atoms with Crippen molar-refractivity contribution in [1.29, 1.82) is 0 Å². The van der Waals surface area contributed by atoms with Crippen LogP contribution < -0.4 is 0 Å². The van der Waals surface area contributed by atoms with Gasteiger partial charge in [0, 0.05) is 19.6 Å². The molecule has 2 atom stereocenters. The largest absolute Gasteiger partial charge is 0.388 e. The second-order valence-corrected chi connectivity index (χ2v) is 9.28. The quantitative estimate of drug-likeness (QED) is 0.751. The Morgan fingerprint density at radius 1 is 0.935 bits per heavy atom. The molecule has 0 saturated carbocycles. The van der Waals surface area contributed by atoms with Gasteiger partial charge in [0.15, 0.2) is 0 Å². The maximum absolute atomic E-state index is 12.6. The van der Waals surface area contributed by atoms with Gasteiger partial charge in [-0.1, -0.05) is 60.7 Å². The molecule has 2 N–H and O–H groups in total. The Hall–Kier alpha value is -2.21. The van der Waals surface area contributed by atoms with Crippen LogP contribution in [0.2, 0.25) is 0 Å². The lowest BCUT2D eigenvalue weighted by molar-refractivity contribution is -0.153. The molecule has 5 heteroatoms. The molecule has 0 radical (unpaired) electrons. The van der Waals surface area contributed by atoms with E-state index >= 15 is 0 Å². The first-order valence-corrected chi connectivity index (χ1v) is 11.5. The van der Waals surface area contributed by atoms with E-state index in [4.69, 9.17) is 0 Å². The number of hydrogen-bond acceptors (Lipinski definition) is 4. The molecule has 0 unspecified atom stereocenters. The maximum atomic E-state index is 12.6. The molecule has 1 amide bonds. The van der Waals surface area contributed by atoms with Crippen LogP contribution in [0.5, 0.6) is 0 Å². The first kappa shape index (κ1) is 22.0. The Morgan fingerprint density at radius 3 is 2.16 bits per heavy atom. The highest BCUT2D eigenvalue weighted by Gasteiger charge is 2.43. The van der Waals surface area contributed by atoms with Crippen molar-refractivity contribution in [3.05, 3.63) is 71.8 Å². The summed E-state index contributed by atoms with van der Waals surface area (Å²) in [6.45, 7) is 3.07. The summed E-state index contributed by atoms with van der Waals surface area (Å²) >= 11 is 0. The molecule has 0 bridgehead atoms. The highest BCUT2D eigenvalue weighted by Crippen LogP contribution is 2.28. The molecule has 2 fully saturated rings. The van der Waals surface area contributed by atoms with Crippen molar-refractivity contribution in [2.45, 2.75) is 43.8 Å². The van der Waals surface area contributed by atoms with Crippen LogP contribution in [0, 0.1) is 5.92 Å². The van der Waals surface area contributed by atoms with Crippen molar-refractivity contribution >= 4 is 5.91 Å². The van der Waals surface area contributed by atoms with Gasteiger partial charge in [-0.15, -0.1) is 0 Å². The number of rotatable bonds is 6. The van der Waals surface area contributed by atoms with E-state index in [1.54, 1.807) is 4.90 Å². The number of aliphatic hydroxyl groups excluding tert-OH is 1. The van der Waals surface area contributed by atoms with Crippen LogP contribution >= 0.6 is 0 Å². The Labute approximate surface area is 185 Å². The fourth-order valence-electron chi connectivity index (χ4n) is 4.94. The second-order valence-electron chi connectivity index (χ2n) is 9.28. The van der Waals surface area contributed by atoms with Gasteiger partial charge in [-0.05, 0) is 55.8 Å². The lowest BCUT2D eigenvalue weighted by Gasteiger charge is -2.45. The highest BCUT2D eigenvalue weighted by atomic mass is 16.3. The Balaban J connectivity index is 1.24. The summed E-state index contributed by atoms with van der Waals surface area (Å²) in [5.74, 6) is 0.685. The standard InChI is InChI=1S/C26H34N2O3/c29-24-19-28(25(30)18-22-9-5-2-6-10-22)16-13-26(24,31)20-27-14-11-23(12-15-27)17-21-7-3-1-4-8-21/h1-10,23-24,29,31H,11-20H2/t24-,26-/m0/s1. The van der Waals surface area contributed by atoms with Gasteiger partial charge in [-0.25, -0.2) is 0 Å². The maximum Gasteiger partial charge on any atom is 0.227 e. The van der Waals surface area contributed by atoms with Crippen LogP contribution in [-0.4, -0.2) is 70.3 Å². The summed E-state index contributed by atoms with van der Waals surface area (Å²) < 4.78 is 0. The van der Waals surface area contributed by atoms with E-state index in [1.165, 1.54) is 5.56 Å². The van der Waals surface area contributed by atoms with Gasteiger partial charge in [-0.3, -0.25) is 4.79 Å². The van der Waals surface area contributed by atoms with Crippen molar-refractivity contribution in [1.82, 2.24) is 9.80 Å². The molecule has 4 rings (SSSR count). The first-order valence-electron chi connectivity index (χ1n) is 11.5. The van der Waals surface area contributed by atoms with Crippen LogP contribution in [0.3, 0.4) is 0 Å². The lowest BCUT2D eigenvalue weighted by Crippen LogP contribution is -2.61. The summed E-state index contributed by atoms with van der Waals surface area (Å²) in [4.78, 5) is 16.6. The monoisotopic (exact) mass is 422 g/mol. The van der Waals surface area contributed by atoms with Crippen molar-refractivity contribution in [2.24, 2.45) is 5.92 Å². The number of piperidine rings is 2. The van der Waals surface area contributed by atoms with Crippen LogP contribution in [-0.2, 0) is 17.6 Å². The van der Waals surface area contributed by atoms with Gasteiger partial charge >= 0.3 is 0 Å². The minimum atomic E-state index is -1.14. The van der Waals surface area contributed by atoms with Crippen molar-refractivity contribution in [3.8, 4) is 0 Å². The predicted molar refractivity (Wildman–Crippen MR) is 122 cm³/mol. The molecule has 5 nitrogen and oxygen atoms in total. The molecule has 2 aromatic carbocycles. The summed E-state index contributed by atoms with van der Waals surface area (Å²) in [6.07, 6.45) is 3.17. The zero-order valence-corrected chi connectivity index (χ0v) is 18.2. The highest BCUT2D eigenvalue weighted by molar-refractivity contribution is 5.79. The van der Waals surface area contributed by atoms with Gasteiger partial charge in [0.1, 0.15) is 11.7 Å². The number of carbonyl (C=O) groups excluding carboxylic acids is 1. The summed E-state index contributed by atoms with van der Waals surface area (Å²) in [5, 5.41) is 21.9.